The standard InChI is InChI=1S/C19H21FN2O5/c20-15-2-1-14(6-16(15)22(25)26)21-17(23)10-27-18(24)19-7-11-3-12(8-19)5-13(4-11)9-19/h1-2,6,11-13H,3-5,7-10H2,(H,21,23). The molecule has 4 fully saturated rings. The van der Waals surface area contributed by atoms with Crippen LogP contribution in [0.15, 0.2) is 18.2 Å². The average Bonchev–Trinajstić information content (AvgIpc) is 2.60. The van der Waals surface area contributed by atoms with Gasteiger partial charge in [0.15, 0.2) is 6.61 Å². The first-order valence-electron chi connectivity index (χ1n) is 9.26. The number of carbonyl (C=O) groups is 2. The monoisotopic (exact) mass is 376 g/mol. The summed E-state index contributed by atoms with van der Waals surface area (Å²) in [6, 6.07) is 3.07. The molecule has 1 aromatic carbocycles. The van der Waals surface area contributed by atoms with E-state index in [1.807, 2.05) is 0 Å². The fourth-order valence-corrected chi connectivity index (χ4v) is 5.57. The van der Waals surface area contributed by atoms with E-state index in [1.54, 1.807) is 0 Å². The molecule has 4 aliphatic carbocycles. The number of nitro benzene ring substituents is 1. The molecule has 27 heavy (non-hydrogen) atoms. The third kappa shape index (κ3) is 3.40. The SMILES string of the molecule is O=C(COC(=O)C12CC3CC(CC(C3)C1)C2)Nc1ccc(F)c([N+](=O)[O-])c1. The molecule has 8 heteroatoms. The van der Waals surface area contributed by atoms with E-state index in [2.05, 4.69) is 5.32 Å². The van der Waals surface area contributed by atoms with Crippen molar-refractivity contribution in [1.82, 2.24) is 0 Å². The van der Waals surface area contributed by atoms with Crippen LogP contribution in [-0.2, 0) is 14.3 Å². The van der Waals surface area contributed by atoms with Gasteiger partial charge in [0.2, 0.25) is 5.82 Å². The minimum atomic E-state index is -0.980. The first kappa shape index (κ1) is 17.9. The zero-order chi connectivity index (χ0) is 19.2. The molecule has 0 saturated heterocycles. The van der Waals surface area contributed by atoms with Gasteiger partial charge < -0.3 is 10.1 Å². The Morgan fingerprint density at radius 3 is 2.33 bits per heavy atom. The first-order valence-corrected chi connectivity index (χ1v) is 9.26. The molecule has 0 atom stereocenters. The second kappa shape index (κ2) is 6.58. The largest absolute Gasteiger partial charge is 0.455 e. The molecule has 0 radical (unpaired) electrons. The van der Waals surface area contributed by atoms with Gasteiger partial charge in [-0.2, -0.15) is 4.39 Å². The van der Waals surface area contributed by atoms with Gasteiger partial charge in [0.25, 0.3) is 5.91 Å². The maximum absolute atomic E-state index is 13.3. The molecule has 5 rings (SSSR count). The van der Waals surface area contributed by atoms with Crippen molar-refractivity contribution in [2.45, 2.75) is 38.5 Å². The molecule has 144 valence electrons. The van der Waals surface area contributed by atoms with Gasteiger partial charge in [0, 0.05) is 11.8 Å². The summed E-state index contributed by atoms with van der Waals surface area (Å²) in [7, 11) is 0. The highest BCUT2D eigenvalue weighted by Crippen LogP contribution is 2.60. The van der Waals surface area contributed by atoms with Crippen LogP contribution in [0.4, 0.5) is 15.8 Å². The van der Waals surface area contributed by atoms with Crippen molar-refractivity contribution in [3.63, 3.8) is 0 Å². The topological polar surface area (TPSA) is 98.5 Å². The van der Waals surface area contributed by atoms with Gasteiger partial charge in [0.1, 0.15) is 0 Å². The van der Waals surface area contributed by atoms with Gasteiger partial charge in [-0.05, 0) is 68.4 Å². The summed E-state index contributed by atoms with van der Waals surface area (Å²) in [5.74, 6) is -0.103. The van der Waals surface area contributed by atoms with Crippen LogP contribution >= 0.6 is 0 Å². The number of hydrogen-bond acceptors (Lipinski definition) is 5. The molecular formula is C19H21FN2O5. The van der Waals surface area contributed by atoms with Crippen molar-refractivity contribution in [2.75, 3.05) is 11.9 Å². The lowest BCUT2D eigenvalue weighted by atomic mass is 9.49. The lowest BCUT2D eigenvalue weighted by molar-refractivity contribution is -0.387. The number of benzene rings is 1. The number of hydrogen-bond donors (Lipinski definition) is 1. The number of anilines is 1. The van der Waals surface area contributed by atoms with E-state index in [0.29, 0.717) is 17.8 Å². The van der Waals surface area contributed by atoms with Gasteiger partial charge in [-0.25, -0.2) is 0 Å². The third-order valence-corrected chi connectivity index (χ3v) is 6.23. The molecule has 0 aliphatic heterocycles. The smallest absolute Gasteiger partial charge is 0.312 e. The van der Waals surface area contributed by atoms with Crippen LogP contribution in [0.25, 0.3) is 0 Å². The fourth-order valence-electron chi connectivity index (χ4n) is 5.57. The van der Waals surface area contributed by atoms with Crippen molar-refractivity contribution >= 4 is 23.3 Å². The molecule has 4 saturated carbocycles. The number of nitrogens with one attached hydrogen (secondary N) is 1. The van der Waals surface area contributed by atoms with Crippen molar-refractivity contribution in [2.24, 2.45) is 23.2 Å². The van der Waals surface area contributed by atoms with Crippen LogP contribution in [-0.4, -0.2) is 23.4 Å². The van der Waals surface area contributed by atoms with Crippen molar-refractivity contribution in [3.8, 4) is 0 Å². The van der Waals surface area contributed by atoms with Gasteiger partial charge in [-0.15, -0.1) is 0 Å². The number of halogens is 1. The number of carbonyl (C=O) groups excluding carboxylic acids is 2. The van der Waals surface area contributed by atoms with E-state index in [-0.39, 0.29) is 11.7 Å². The number of rotatable bonds is 5. The molecule has 7 nitrogen and oxygen atoms in total. The van der Waals surface area contributed by atoms with Crippen LogP contribution in [0.1, 0.15) is 38.5 Å². The summed E-state index contributed by atoms with van der Waals surface area (Å²) in [4.78, 5) is 34.7. The molecule has 1 amide bonds. The predicted octanol–water partition coefficient (Wildman–Crippen LogP) is 3.43. The Morgan fingerprint density at radius 1 is 1.19 bits per heavy atom. The van der Waals surface area contributed by atoms with Crippen LogP contribution in [0.3, 0.4) is 0 Å². The number of amides is 1. The minimum Gasteiger partial charge on any atom is -0.455 e. The number of ether oxygens (including phenoxy) is 1. The van der Waals surface area contributed by atoms with E-state index in [1.165, 1.54) is 25.3 Å². The molecule has 0 heterocycles. The predicted molar refractivity (Wildman–Crippen MR) is 93.2 cm³/mol. The van der Waals surface area contributed by atoms with Gasteiger partial charge in [-0.1, -0.05) is 0 Å². The third-order valence-electron chi connectivity index (χ3n) is 6.23. The molecule has 0 aromatic heterocycles. The number of nitro groups is 1. The Kier molecular flexibility index (Phi) is 4.36. The molecule has 1 aromatic rings. The van der Waals surface area contributed by atoms with Crippen molar-refractivity contribution in [1.29, 1.82) is 0 Å². The summed E-state index contributed by atoms with van der Waals surface area (Å²) in [6.45, 7) is -0.453. The van der Waals surface area contributed by atoms with Crippen molar-refractivity contribution in [3.05, 3.63) is 34.1 Å². The Morgan fingerprint density at radius 2 is 1.78 bits per heavy atom. The van der Waals surface area contributed by atoms with E-state index < -0.39 is 34.4 Å². The number of nitrogens with zero attached hydrogens (tertiary/aromatic N) is 1. The number of esters is 1. The Bertz CT molecular complexity index is 774. The zero-order valence-corrected chi connectivity index (χ0v) is 14.8. The van der Waals surface area contributed by atoms with Crippen LogP contribution in [0.2, 0.25) is 0 Å². The quantitative estimate of drug-likeness (QED) is 0.482. The maximum atomic E-state index is 13.3. The molecular weight excluding hydrogens is 355 g/mol. The molecule has 0 unspecified atom stereocenters. The Hall–Kier alpha value is -2.51. The van der Waals surface area contributed by atoms with Crippen LogP contribution in [0.5, 0.6) is 0 Å². The summed E-state index contributed by atoms with van der Waals surface area (Å²) >= 11 is 0. The fraction of sp³-hybridized carbons (Fsp3) is 0.579. The summed E-state index contributed by atoms with van der Waals surface area (Å²) in [6.07, 6.45) is 6.17. The zero-order valence-electron chi connectivity index (χ0n) is 14.8. The summed E-state index contributed by atoms with van der Waals surface area (Å²) in [5, 5.41) is 13.2. The highest BCUT2D eigenvalue weighted by Gasteiger charge is 2.55. The van der Waals surface area contributed by atoms with Crippen LogP contribution < -0.4 is 5.32 Å². The normalized spacial score (nSPS) is 30.8. The lowest BCUT2D eigenvalue weighted by Gasteiger charge is -2.55. The average molecular weight is 376 g/mol. The van der Waals surface area contributed by atoms with E-state index >= 15 is 0 Å². The summed E-state index contributed by atoms with van der Waals surface area (Å²) < 4.78 is 18.7. The lowest BCUT2D eigenvalue weighted by Crippen LogP contribution is -2.50. The van der Waals surface area contributed by atoms with Gasteiger partial charge in [0.05, 0.1) is 10.3 Å². The molecule has 4 aliphatic rings. The Labute approximate surface area is 155 Å². The van der Waals surface area contributed by atoms with Crippen LogP contribution in [0, 0.1) is 39.1 Å². The maximum Gasteiger partial charge on any atom is 0.312 e. The van der Waals surface area contributed by atoms with E-state index in [4.69, 9.17) is 4.74 Å². The summed E-state index contributed by atoms with van der Waals surface area (Å²) in [5.41, 5.74) is -1.08. The molecule has 0 spiro atoms. The second-order valence-electron chi connectivity index (χ2n) is 8.25. The first-order chi connectivity index (χ1) is 12.8. The highest BCUT2D eigenvalue weighted by molar-refractivity contribution is 5.93. The second-order valence-corrected chi connectivity index (χ2v) is 8.25. The van der Waals surface area contributed by atoms with E-state index in [0.717, 1.165) is 31.4 Å². The highest BCUT2D eigenvalue weighted by atomic mass is 19.1. The Balaban J connectivity index is 1.35. The van der Waals surface area contributed by atoms with Crippen molar-refractivity contribution < 1.29 is 23.6 Å². The van der Waals surface area contributed by atoms with Gasteiger partial charge in [-0.3, -0.25) is 19.7 Å². The minimum absolute atomic E-state index is 0.0824. The molecule has 1 N–H and O–H groups in total. The van der Waals surface area contributed by atoms with Gasteiger partial charge >= 0.3 is 11.7 Å². The van der Waals surface area contributed by atoms with E-state index in [9.17, 15) is 24.1 Å². The molecule has 4 bridgehead atoms.